The van der Waals surface area contributed by atoms with E-state index >= 15 is 0 Å². The SMILES string of the molecule is COc1ccc(N2CCN(C3CCC(c4cn(C)c5ccc(C#N)cc45)CC3)CC2)c2ncccc12. The molecule has 0 amide bonds. The molecule has 0 N–H and O–H groups in total. The Balaban J connectivity index is 1.11. The van der Waals surface area contributed by atoms with Crippen LogP contribution in [0.25, 0.3) is 21.8 Å². The number of nitrogens with zero attached hydrogens (tertiary/aromatic N) is 5. The summed E-state index contributed by atoms with van der Waals surface area (Å²) in [5.74, 6) is 1.46. The van der Waals surface area contributed by atoms with Gasteiger partial charge in [0.25, 0.3) is 0 Å². The number of methoxy groups -OCH3 is 1. The van der Waals surface area contributed by atoms with Gasteiger partial charge in [0.2, 0.25) is 0 Å². The summed E-state index contributed by atoms with van der Waals surface area (Å²) in [5.41, 5.74) is 5.64. The van der Waals surface area contributed by atoms with Crippen LogP contribution in [0, 0.1) is 11.3 Å². The summed E-state index contributed by atoms with van der Waals surface area (Å²) in [5, 5.41) is 11.7. The number of anilines is 1. The first-order chi connectivity index (χ1) is 17.7. The number of ether oxygens (including phenoxy) is 1. The Labute approximate surface area is 212 Å². The van der Waals surface area contributed by atoms with Gasteiger partial charge in [-0.2, -0.15) is 5.26 Å². The molecule has 6 heteroatoms. The van der Waals surface area contributed by atoms with Crippen molar-refractivity contribution in [2.24, 2.45) is 7.05 Å². The molecule has 6 rings (SSSR count). The maximum atomic E-state index is 9.38. The molecule has 0 radical (unpaired) electrons. The van der Waals surface area contributed by atoms with Gasteiger partial charge in [0, 0.05) is 68.0 Å². The summed E-state index contributed by atoms with van der Waals surface area (Å²) in [6, 6.07) is 17.4. The van der Waals surface area contributed by atoms with Gasteiger partial charge in [-0.05, 0) is 79.6 Å². The van der Waals surface area contributed by atoms with Gasteiger partial charge in [-0.25, -0.2) is 0 Å². The molecule has 2 fully saturated rings. The summed E-state index contributed by atoms with van der Waals surface area (Å²) in [6.45, 7) is 4.24. The van der Waals surface area contributed by atoms with Crippen molar-refractivity contribution in [3.05, 3.63) is 66.0 Å². The van der Waals surface area contributed by atoms with Crippen LogP contribution in [-0.4, -0.2) is 53.8 Å². The van der Waals surface area contributed by atoms with Crippen molar-refractivity contribution in [1.82, 2.24) is 14.5 Å². The number of piperazine rings is 1. The summed E-state index contributed by atoms with van der Waals surface area (Å²) >= 11 is 0. The van der Waals surface area contributed by atoms with Crippen molar-refractivity contribution >= 4 is 27.5 Å². The van der Waals surface area contributed by atoms with Gasteiger partial charge in [-0.15, -0.1) is 0 Å². The molecular formula is C30H33N5O. The lowest BCUT2D eigenvalue weighted by molar-refractivity contribution is 0.141. The maximum absolute atomic E-state index is 9.38. The molecule has 184 valence electrons. The fourth-order valence-electron chi connectivity index (χ4n) is 6.46. The number of fused-ring (bicyclic) bond motifs is 2. The third-order valence-electron chi connectivity index (χ3n) is 8.39. The monoisotopic (exact) mass is 479 g/mol. The second-order valence-corrected chi connectivity index (χ2v) is 10.3. The molecule has 4 aromatic rings. The number of pyridine rings is 1. The van der Waals surface area contributed by atoms with Gasteiger partial charge in [-0.3, -0.25) is 9.88 Å². The topological polar surface area (TPSA) is 57.3 Å². The first-order valence-corrected chi connectivity index (χ1v) is 13.1. The third-order valence-corrected chi connectivity index (χ3v) is 8.39. The van der Waals surface area contributed by atoms with Crippen molar-refractivity contribution in [3.63, 3.8) is 0 Å². The minimum Gasteiger partial charge on any atom is -0.496 e. The molecule has 0 spiro atoms. The van der Waals surface area contributed by atoms with Gasteiger partial charge in [0.15, 0.2) is 0 Å². The Morgan fingerprint density at radius 2 is 1.78 bits per heavy atom. The Morgan fingerprint density at radius 3 is 2.53 bits per heavy atom. The summed E-state index contributed by atoms with van der Waals surface area (Å²) < 4.78 is 7.78. The average molecular weight is 480 g/mol. The molecule has 2 aromatic carbocycles. The van der Waals surface area contributed by atoms with Crippen molar-refractivity contribution in [2.75, 3.05) is 38.2 Å². The van der Waals surface area contributed by atoms with E-state index in [-0.39, 0.29) is 0 Å². The van der Waals surface area contributed by atoms with E-state index in [1.165, 1.54) is 47.8 Å². The first-order valence-electron chi connectivity index (χ1n) is 13.1. The molecule has 6 nitrogen and oxygen atoms in total. The molecule has 0 atom stereocenters. The average Bonchev–Trinajstić information content (AvgIpc) is 3.28. The van der Waals surface area contributed by atoms with E-state index in [1.54, 1.807) is 7.11 Å². The van der Waals surface area contributed by atoms with E-state index in [1.807, 2.05) is 18.3 Å². The second-order valence-electron chi connectivity index (χ2n) is 10.3. The number of nitriles is 1. The predicted molar refractivity (Wildman–Crippen MR) is 145 cm³/mol. The first kappa shape index (κ1) is 22.9. The quantitative estimate of drug-likeness (QED) is 0.389. The summed E-state index contributed by atoms with van der Waals surface area (Å²) in [6.07, 6.45) is 9.08. The molecule has 2 aliphatic rings. The molecule has 1 aliphatic heterocycles. The van der Waals surface area contributed by atoms with E-state index in [0.29, 0.717) is 12.0 Å². The van der Waals surface area contributed by atoms with Crippen molar-refractivity contribution < 1.29 is 4.74 Å². The van der Waals surface area contributed by atoms with E-state index in [0.717, 1.165) is 48.4 Å². The van der Waals surface area contributed by atoms with Crippen LogP contribution in [0.3, 0.4) is 0 Å². The third kappa shape index (κ3) is 3.98. The smallest absolute Gasteiger partial charge is 0.128 e. The minimum atomic E-state index is 0.580. The molecule has 1 saturated carbocycles. The van der Waals surface area contributed by atoms with Crippen LogP contribution in [0.2, 0.25) is 0 Å². The van der Waals surface area contributed by atoms with Crippen LogP contribution in [0.4, 0.5) is 5.69 Å². The van der Waals surface area contributed by atoms with E-state index in [9.17, 15) is 5.26 Å². The lowest BCUT2D eigenvalue weighted by Gasteiger charge is -2.42. The van der Waals surface area contributed by atoms with E-state index in [2.05, 4.69) is 64.0 Å². The number of aromatic nitrogens is 2. The largest absolute Gasteiger partial charge is 0.496 e. The van der Waals surface area contributed by atoms with E-state index in [4.69, 9.17) is 9.72 Å². The lowest BCUT2D eigenvalue weighted by atomic mass is 9.81. The zero-order valence-corrected chi connectivity index (χ0v) is 21.2. The van der Waals surface area contributed by atoms with Crippen molar-refractivity contribution in [1.29, 1.82) is 5.26 Å². The minimum absolute atomic E-state index is 0.580. The fraction of sp³-hybridized carbons (Fsp3) is 0.400. The van der Waals surface area contributed by atoms with Gasteiger partial charge >= 0.3 is 0 Å². The van der Waals surface area contributed by atoms with Gasteiger partial charge in [-0.1, -0.05) is 0 Å². The fourth-order valence-corrected chi connectivity index (χ4v) is 6.46. The van der Waals surface area contributed by atoms with Gasteiger partial charge in [0.05, 0.1) is 29.9 Å². The van der Waals surface area contributed by atoms with Gasteiger partial charge < -0.3 is 14.2 Å². The highest BCUT2D eigenvalue weighted by Gasteiger charge is 2.30. The molecule has 0 bridgehead atoms. The molecule has 36 heavy (non-hydrogen) atoms. The second kappa shape index (κ2) is 9.48. The Bertz CT molecular complexity index is 1440. The molecule has 0 unspecified atom stereocenters. The van der Waals surface area contributed by atoms with Crippen LogP contribution in [0.1, 0.15) is 42.7 Å². The molecule has 1 aliphatic carbocycles. The van der Waals surface area contributed by atoms with Crippen LogP contribution < -0.4 is 9.64 Å². The number of rotatable bonds is 4. The molecule has 2 aromatic heterocycles. The summed E-state index contributed by atoms with van der Waals surface area (Å²) in [7, 11) is 3.84. The normalized spacial score (nSPS) is 21.1. The number of hydrogen-bond donors (Lipinski definition) is 0. The molecular weight excluding hydrogens is 446 g/mol. The number of hydrogen-bond acceptors (Lipinski definition) is 5. The highest BCUT2D eigenvalue weighted by Crippen LogP contribution is 2.39. The van der Waals surface area contributed by atoms with Gasteiger partial charge in [0.1, 0.15) is 5.75 Å². The molecule has 3 heterocycles. The lowest BCUT2D eigenvalue weighted by Crippen LogP contribution is -2.51. The van der Waals surface area contributed by atoms with E-state index < -0.39 is 0 Å². The zero-order valence-electron chi connectivity index (χ0n) is 21.2. The maximum Gasteiger partial charge on any atom is 0.128 e. The highest BCUT2D eigenvalue weighted by atomic mass is 16.5. The Morgan fingerprint density at radius 1 is 0.972 bits per heavy atom. The van der Waals surface area contributed by atoms with Crippen LogP contribution in [0.15, 0.2) is 54.9 Å². The number of aryl methyl sites for hydroxylation is 1. The highest BCUT2D eigenvalue weighted by molar-refractivity contribution is 5.95. The van der Waals surface area contributed by atoms with Crippen molar-refractivity contribution in [2.45, 2.75) is 37.6 Å². The predicted octanol–water partition coefficient (Wildman–Crippen LogP) is 5.46. The van der Waals surface area contributed by atoms with Crippen LogP contribution in [-0.2, 0) is 7.05 Å². The Hall–Kier alpha value is -3.56. The standard InChI is InChI=1S/C30H33N5O/c1-33-20-26(25-18-21(19-31)5-10-27(25)33)22-6-8-23(9-7-22)34-14-16-35(17-15-34)28-11-12-29(36-2)24-4-3-13-32-30(24)28/h3-5,10-13,18,20,22-23H,6-9,14-17H2,1-2H3. The van der Waals surface area contributed by atoms with Crippen molar-refractivity contribution in [3.8, 4) is 11.8 Å². The Kier molecular flexibility index (Phi) is 6.02. The molecule has 1 saturated heterocycles. The number of benzene rings is 2. The zero-order chi connectivity index (χ0) is 24.6. The van der Waals surface area contributed by atoms with Crippen LogP contribution in [0.5, 0.6) is 5.75 Å². The summed E-state index contributed by atoms with van der Waals surface area (Å²) in [4.78, 5) is 9.89. The van der Waals surface area contributed by atoms with Crippen LogP contribution >= 0.6 is 0 Å².